The topological polar surface area (TPSA) is 66.2 Å². The lowest BCUT2D eigenvalue weighted by Gasteiger charge is -2.41. The van der Waals surface area contributed by atoms with Crippen LogP contribution < -0.4 is 9.64 Å². The first-order chi connectivity index (χ1) is 17.4. The van der Waals surface area contributed by atoms with Gasteiger partial charge in [-0.15, -0.1) is 0 Å². The summed E-state index contributed by atoms with van der Waals surface area (Å²) in [7, 11) is 5.26. The summed E-state index contributed by atoms with van der Waals surface area (Å²) < 4.78 is 10.6. The quantitative estimate of drug-likeness (QED) is 0.483. The molecule has 36 heavy (non-hydrogen) atoms. The third kappa shape index (κ3) is 2.82. The summed E-state index contributed by atoms with van der Waals surface area (Å²) in [5.74, 6) is 0.552. The number of fused-ring (bicyclic) bond motifs is 3. The second-order valence-corrected chi connectivity index (χ2v) is 11.3. The number of likely N-dealkylation sites (N-methyl/N-ethyl adjacent to an activating group) is 2. The summed E-state index contributed by atoms with van der Waals surface area (Å²) in [6.07, 6.45) is 1.61. The largest absolute Gasteiger partial charge is 0.497 e. The van der Waals surface area contributed by atoms with Crippen molar-refractivity contribution in [2.24, 2.45) is 0 Å². The summed E-state index contributed by atoms with van der Waals surface area (Å²) >= 11 is 7.17. The number of furan rings is 1. The van der Waals surface area contributed by atoms with Gasteiger partial charge in [0.1, 0.15) is 20.6 Å². The molecule has 2 amide bonds. The third-order valence-electron chi connectivity index (χ3n) is 7.73. The first-order valence-electron chi connectivity index (χ1n) is 11.7. The van der Waals surface area contributed by atoms with Gasteiger partial charge < -0.3 is 14.1 Å². The number of anilines is 1. The van der Waals surface area contributed by atoms with Crippen LogP contribution in [0.15, 0.2) is 71.3 Å². The van der Waals surface area contributed by atoms with Crippen LogP contribution in [0.3, 0.4) is 0 Å². The van der Waals surface area contributed by atoms with E-state index in [1.54, 1.807) is 30.2 Å². The highest BCUT2D eigenvalue weighted by Crippen LogP contribution is 2.67. The number of nitrogens with zero attached hydrogens (tertiary/aromatic N) is 3. The maximum atomic E-state index is 14.7. The third-order valence-corrected chi connectivity index (χ3v) is 9.67. The number of thiocarbonyl (C=S) groups is 1. The first kappa shape index (κ1) is 23.3. The van der Waals surface area contributed by atoms with Crippen LogP contribution in [0, 0.1) is 0 Å². The molecule has 0 N–H and O–H groups in total. The monoisotopic (exact) mass is 519 g/mol. The molecule has 4 heterocycles. The van der Waals surface area contributed by atoms with Crippen LogP contribution in [0.25, 0.3) is 0 Å². The van der Waals surface area contributed by atoms with Crippen LogP contribution in [0.2, 0.25) is 0 Å². The molecule has 0 bridgehead atoms. The smallest absolute Gasteiger partial charge is 0.254 e. The normalized spacial score (nSPS) is 27.6. The van der Waals surface area contributed by atoms with E-state index in [0.717, 1.165) is 16.8 Å². The number of rotatable bonds is 4. The number of hydrogen-bond donors (Lipinski definition) is 0. The van der Waals surface area contributed by atoms with E-state index in [1.807, 2.05) is 72.6 Å². The molecule has 3 atom stereocenters. The molecule has 9 heteroatoms. The lowest BCUT2D eigenvalue weighted by Crippen LogP contribution is -2.62. The Balaban J connectivity index is 1.60. The standard InChI is InChI=1S/C27H25N3O4S2/c1-28-16-20(22-10-7-13-34-22)27(24(32)30(25(35)36-27)15-17-8-5-4-6-9-17)26(28)19-14-18(33-3)11-12-21(19)29(2)23(26)31/h4-14,20H,15-16H2,1-3H3/t20-,26+,27-/m0/s1. The van der Waals surface area contributed by atoms with Gasteiger partial charge in [0, 0.05) is 24.8 Å². The second kappa shape index (κ2) is 8.19. The number of hydrogen-bond acceptors (Lipinski definition) is 7. The Kier molecular flexibility index (Phi) is 5.30. The number of carbonyl (C=O) groups is 2. The van der Waals surface area contributed by atoms with E-state index in [1.165, 1.54) is 11.8 Å². The highest BCUT2D eigenvalue weighted by atomic mass is 32.2. The molecule has 2 aromatic carbocycles. The van der Waals surface area contributed by atoms with Crippen molar-refractivity contribution in [3.8, 4) is 5.75 Å². The maximum Gasteiger partial charge on any atom is 0.254 e. The fourth-order valence-corrected chi connectivity index (χ4v) is 8.25. The number of carbonyl (C=O) groups excluding carboxylic acids is 2. The molecule has 3 aliphatic rings. The van der Waals surface area contributed by atoms with Gasteiger partial charge in [-0.3, -0.25) is 19.4 Å². The maximum absolute atomic E-state index is 14.7. The summed E-state index contributed by atoms with van der Waals surface area (Å²) in [5, 5.41) is 0. The van der Waals surface area contributed by atoms with Crippen LogP contribution in [0.5, 0.6) is 5.75 Å². The summed E-state index contributed by atoms with van der Waals surface area (Å²) in [4.78, 5) is 34.4. The number of likely N-dealkylation sites (tertiary alicyclic amines) is 1. The van der Waals surface area contributed by atoms with Gasteiger partial charge in [-0.25, -0.2) is 0 Å². The number of amides is 2. The molecule has 0 radical (unpaired) electrons. The van der Waals surface area contributed by atoms with Gasteiger partial charge in [0.25, 0.3) is 5.91 Å². The Morgan fingerprint density at radius 2 is 1.86 bits per heavy atom. The number of methoxy groups -OCH3 is 1. The molecule has 2 fully saturated rings. The van der Waals surface area contributed by atoms with Crippen molar-refractivity contribution in [3.05, 3.63) is 83.8 Å². The molecule has 0 saturated carbocycles. The molecule has 2 spiro atoms. The molecule has 6 rings (SSSR count). The lowest BCUT2D eigenvalue weighted by molar-refractivity contribution is -0.139. The van der Waals surface area contributed by atoms with Crippen molar-refractivity contribution < 1.29 is 18.7 Å². The zero-order chi connectivity index (χ0) is 25.2. The molecular formula is C27H25N3O4S2. The van der Waals surface area contributed by atoms with E-state index in [2.05, 4.69) is 0 Å². The minimum atomic E-state index is -1.29. The van der Waals surface area contributed by atoms with Crippen molar-refractivity contribution in [2.45, 2.75) is 22.7 Å². The Bertz CT molecular complexity index is 1380. The highest BCUT2D eigenvalue weighted by Gasteiger charge is 2.79. The zero-order valence-electron chi connectivity index (χ0n) is 20.1. The fourth-order valence-electron chi connectivity index (χ4n) is 6.15. The Morgan fingerprint density at radius 3 is 2.56 bits per heavy atom. The van der Waals surface area contributed by atoms with Crippen molar-refractivity contribution >= 4 is 45.8 Å². The van der Waals surface area contributed by atoms with Crippen LogP contribution >= 0.6 is 24.0 Å². The summed E-state index contributed by atoms with van der Waals surface area (Å²) in [5.41, 5.74) is 1.18. The molecular weight excluding hydrogens is 494 g/mol. The second-order valence-electron chi connectivity index (χ2n) is 9.39. The number of thioether (sulfide) groups is 1. The van der Waals surface area contributed by atoms with E-state index in [9.17, 15) is 9.59 Å². The van der Waals surface area contributed by atoms with E-state index >= 15 is 0 Å². The van der Waals surface area contributed by atoms with Crippen LogP contribution in [-0.2, 0) is 21.7 Å². The fraction of sp³-hybridized carbons (Fsp3) is 0.296. The van der Waals surface area contributed by atoms with E-state index in [0.29, 0.717) is 28.9 Å². The minimum Gasteiger partial charge on any atom is -0.497 e. The molecule has 2 saturated heterocycles. The number of ether oxygens (including phenoxy) is 1. The molecule has 1 aromatic heterocycles. The van der Waals surface area contributed by atoms with Gasteiger partial charge in [0.15, 0.2) is 5.54 Å². The van der Waals surface area contributed by atoms with E-state index < -0.39 is 16.2 Å². The van der Waals surface area contributed by atoms with Crippen molar-refractivity contribution in [3.63, 3.8) is 0 Å². The molecule has 3 aromatic rings. The van der Waals surface area contributed by atoms with E-state index in [-0.39, 0.29) is 11.8 Å². The SMILES string of the molecule is COc1ccc2c(c1)[C@]1(C(=O)N2C)N(C)C[C@@H](c2ccco2)[C@@]12SC(=S)N(Cc1ccccc1)C2=O. The van der Waals surface area contributed by atoms with E-state index in [4.69, 9.17) is 21.4 Å². The lowest BCUT2D eigenvalue weighted by atomic mass is 9.73. The first-order valence-corrected chi connectivity index (χ1v) is 12.9. The number of benzene rings is 2. The summed E-state index contributed by atoms with van der Waals surface area (Å²) in [6, 6.07) is 19.1. The van der Waals surface area contributed by atoms with Gasteiger partial charge in [-0.05, 0) is 42.9 Å². The summed E-state index contributed by atoms with van der Waals surface area (Å²) in [6.45, 7) is 0.789. The van der Waals surface area contributed by atoms with Crippen LogP contribution in [-0.4, -0.2) is 58.4 Å². The van der Waals surface area contributed by atoms with Gasteiger partial charge in [-0.1, -0.05) is 54.3 Å². The van der Waals surface area contributed by atoms with Crippen molar-refractivity contribution in [1.82, 2.24) is 9.80 Å². The Morgan fingerprint density at radius 1 is 1.08 bits per heavy atom. The molecule has 184 valence electrons. The van der Waals surface area contributed by atoms with Crippen LogP contribution in [0.4, 0.5) is 5.69 Å². The Labute approximate surface area is 219 Å². The average molecular weight is 520 g/mol. The van der Waals surface area contributed by atoms with Gasteiger partial charge in [0.2, 0.25) is 5.91 Å². The van der Waals surface area contributed by atoms with Gasteiger partial charge >= 0.3 is 0 Å². The van der Waals surface area contributed by atoms with Gasteiger partial charge in [0.05, 0.1) is 25.8 Å². The van der Waals surface area contributed by atoms with Crippen LogP contribution in [0.1, 0.15) is 22.8 Å². The molecule has 0 unspecified atom stereocenters. The van der Waals surface area contributed by atoms with Crippen molar-refractivity contribution in [2.75, 3.05) is 32.6 Å². The zero-order valence-corrected chi connectivity index (χ0v) is 21.8. The molecule has 7 nitrogen and oxygen atoms in total. The highest BCUT2D eigenvalue weighted by molar-refractivity contribution is 8.25. The Hall–Kier alpha value is -3.14. The van der Waals surface area contributed by atoms with Crippen molar-refractivity contribution in [1.29, 1.82) is 0 Å². The predicted molar refractivity (Wildman–Crippen MR) is 142 cm³/mol. The minimum absolute atomic E-state index is 0.160. The van der Waals surface area contributed by atoms with Gasteiger partial charge in [-0.2, -0.15) is 0 Å². The molecule has 3 aliphatic heterocycles. The molecule has 0 aliphatic carbocycles. The average Bonchev–Trinajstić information content (AvgIpc) is 3.61. The predicted octanol–water partition coefficient (Wildman–Crippen LogP) is 3.99.